The molecule has 0 atom stereocenters. The van der Waals surface area contributed by atoms with Gasteiger partial charge >= 0.3 is 0 Å². The van der Waals surface area contributed by atoms with Gasteiger partial charge < -0.3 is 15.2 Å². The van der Waals surface area contributed by atoms with Crippen LogP contribution in [0.15, 0.2) is 18.2 Å². The van der Waals surface area contributed by atoms with Gasteiger partial charge in [-0.1, -0.05) is 0 Å². The van der Waals surface area contributed by atoms with Crippen molar-refractivity contribution in [3.8, 4) is 11.5 Å². The van der Waals surface area contributed by atoms with Gasteiger partial charge in [0.2, 0.25) is 0 Å². The Labute approximate surface area is 84.1 Å². The van der Waals surface area contributed by atoms with Crippen molar-refractivity contribution in [2.45, 2.75) is 6.92 Å². The van der Waals surface area contributed by atoms with E-state index in [2.05, 4.69) is 5.32 Å². The number of hydrogen-bond donors (Lipinski definition) is 2. The Morgan fingerprint density at radius 1 is 1.46 bits per heavy atom. The van der Waals surface area contributed by atoms with E-state index in [9.17, 15) is 5.11 Å². The van der Waals surface area contributed by atoms with Gasteiger partial charge in [0.25, 0.3) is 0 Å². The quantitative estimate of drug-likeness (QED) is 0.741. The second-order valence-electron chi connectivity index (χ2n) is 2.42. The molecule has 0 aliphatic heterocycles. The maximum absolute atomic E-state index is 9.25. The SMILES string of the molecule is CCNc1ccc(O)c(OC)c1.Cl. The Bertz CT molecular complexity index is 266. The van der Waals surface area contributed by atoms with E-state index in [-0.39, 0.29) is 18.2 Å². The third kappa shape index (κ3) is 3.03. The fourth-order valence-corrected chi connectivity index (χ4v) is 0.992. The minimum absolute atomic E-state index is 0. The Hall–Kier alpha value is -1.09. The lowest BCUT2D eigenvalue weighted by Gasteiger charge is -2.06. The van der Waals surface area contributed by atoms with Gasteiger partial charge in [0.05, 0.1) is 7.11 Å². The number of methoxy groups -OCH3 is 1. The van der Waals surface area contributed by atoms with Crippen LogP contribution in [-0.2, 0) is 0 Å². The van der Waals surface area contributed by atoms with Crippen molar-refractivity contribution in [1.29, 1.82) is 0 Å². The standard InChI is InChI=1S/C9H13NO2.ClH/c1-3-10-7-4-5-8(11)9(6-7)12-2;/h4-6,10-11H,3H2,1-2H3;1H. The molecule has 0 amide bonds. The van der Waals surface area contributed by atoms with Crippen LogP contribution in [0.5, 0.6) is 11.5 Å². The number of hydrogen-bond acceptors (Lipinski definition) is 3. The summed E-state index contributed by atoms with van der Waals surface area (Å²) in [5.74, 6) is 0.660. The van der Waals surface area contributed by atoms with Crippen LogP contribution >= 0.6 is 12.4 Å². The van der Waals surface area contributed by atoms with Crippen molar-refractivity contribution in [1.82, 2.24) is 0 Å². The second-order valence-corrected chi connectivity index (χ2v) is 2.42. The molecule has 0 radical (unpaired) electrons. The fraction of sp³-hybridized carbons (Fsp3) is 0.333. The molecule has 0 heterocycles. The van der Waals surface area contributed by atoms with E-state index in [1.807, 2.05) is 6.92 Å². The summed E-state index contributed by atoms with van der Waals surface area (Å²) in [6.45, 7) is 2.87. The lowest BCUT2D eigenvalue weighted by atomic mass is 10.3. The predicted octanol–water partition coefficient (Wildman–Crippen LogP) is 2.25. The van der Waals surface area contributed by atoms with E-state index in [0.717, 1.165) is 12.2 Å². The van der Waals surface area contributed by atoms with Crippen LogP contribution in [0.1, 0.15) is 6.92 Å². The number of anilines is 1. The molecule has 1 rings (SSSR count). The molecular weight excluding hydrogens is 190 g/mol. The lowest BCUT2D eigenvalue weighted by Crippen LogP contribution is -1.96. The second kappa shape index (κ2) is 5.54. The van der Waals surface area contributed by atoms with Crippen molar-refractivity contribution in [3.63, 3.8) is 0 Å². The molecule has 0 aliphatic carbocycles. The van der Waals surface area contributed by atoms with Crippen LogP contribution in [0.4, 0.5) is 5.69 Å². The number of phenols is 1. The van der Waals surface area contributed by atoms with Crippen molar-refractivity contribution in [2.75, 3.05) is 19.0 Å². The van der Waals surface area contributed by atoms with Crippen LogP contribution in [0.3, 0.4) is 0 Å². The molecule has 0 aliphatic rings. The van der Waals surface area contributed by atoms with Crippen molar-refractivity contribution >= 4 is 18.1 Å². The first-order valence-corrected chi connectivity index (χ1v) is 3.88. The number of benzene rings is 1. The molecule has 0 saturated carbocycles. The maximum atomic E-state index is 9.25. The van der Waals surface area contributed by atoms with E-state index in [1.54, 1.807) is 18.2 Å². The summed E-state index contributed by atoms with van der Waals surface area (Å²) in [5.41, 5.74) is 0.951. The van der Waals surface area contributed by atoms with Gasteiger partial charge in [0, 0.05) is 18.3 Å². The van der Waals surface area contributed by atoms with Gasteiger partial charge in [-0.2, -0.15) is 0 Å². The number of ether oxygens (including phenoxy) is 1. The topological polar surface area (TPSA) is 41.5 Å². The first-order chi connectivity index (χ1) is 5.77. The number of nitrogens with one attached hydrogen (secondary N) is 1. The van der Waals surface area contributed by atoms with Crippen molar-refractivity contribution in [3.05, 3.63) is 18.2 Å². The van der Waals surface area contributed by atoms with Gasteiger partial charge in [-0.15, -0.1) is 12.4 Å². The Balaban J connectivity index is 0.00000144. The molecule has 0 bridgehead atoms. The Morgan fingerprint density at radius 2 is 2.15 bits per heavy atom. The maximum Gasteiger partial charge on any atom is 0.162 e. The molecule has 2 N–H and O–H groups in total. The smallest absolute Gasteiger partial charge is 0.162 e. The minimum Gasteiger partial charge on any atom is -0.504 e. The highest BCUT2D eigenvalue weighted by atomic mass is 35.5. The molecule has 0 fully saturated rings. The summed E-state index contributed by atoms with van der Waals surface area (Å²) in [5, 5.41) is 12.4. The fourth-order valence-electron chi connectivity index (χ4n) is 0.992. The molecule has 0 spiro atoms. The minimum atomic E-state index is 0. The molecule has 4 heteroatoms. The third-order valence-corrected chi connectivity index (χ3v) is 1.56. The van der Waals surface area contributed by atoms with Gasteiger partial charge in [0.1, 0.15) is 0 Å². The summed E-state index contributed by atoms with van der Waals surface area (Å²) < 4.78 is 4.94. The first kappa shape index (κ1) is 11.9. The zero-order valence-corrected chi connectivity index (χ0v) is 8.52. The molecule has 1 aromatic carbocycles. The van der Waals surface area contributed by atoms with Crippen molar-refractivity contribution in [2.24, 2.45) is 0 Å². The Morgan fingerprint density at radius 3 is 2.69 bits per heavy atom. The van der Waals surface area contributed by atoms with Crippen LogP contribution in [0, 0.1) is 0 Å². The van der Waals surface area contributed by atoms with Crippen LogP contribution in [0.25, 0.3) is 0 Å². The summed E-state index contributed by atoms with van der Waals surface area (Å²) in [6, 6.07) is 5.18. The molecule has 74 valence electrons. The summed E-state index contributed by atoms with van der Waals surface area (Å²) in [4.78, 5) is 0. The number of rotatable bonds is 3. The molecular formula is C9H14ClNO2. The molecule has 0 unspecified atom stereocenters. The number of aromatic hydroxyl groups is 1. The van der Waals surface area contributed by atoms with Gasteiger partial charge in [-0.3, -0.25) is 0 Å². The average molecular weight is 204 g/mol. The number of halogens is 1. The zero-order valence-electron chi connectivity index (χ0n) is 7.70. The third-order valence-electron chi connectivity index (χ3n) is 1.56. The summed E-state index contributed by atoms with van der Waals surface area (Å²) >= 11 is 0. The highest BCUT2D eigenvalue weighted by Gasteiger charge is 2.00. The largest absolute Gasteiger partial charge is 0.504 e. The van der Waals surface area contributed by atoms with Gasteiger partial charge in [-0.25, -0.2) is 0 Å². The molecule has 0 aromatic heterocycles. The van der Waals surface area contributed by atoms with E-state index in [4.69, 9.17) is 4.74 Å². The highest BCUT2D eigenvalue weighted by Crippen LogP contribution is 2.28. The monoisotopic (exact) mass is 203 g/mol. The van der Waals surface area contributed by atoms with Gasteiger partial charge in [0.15, 0.2) is 11.5 Å². The molecule has 0 saturated heterocycles. The summed E-state index contributed by atoms with van der Waals surface area (Å²) in [6.07, 6.45) is 0. The zero-order chi connectivity index (χ0) is 8.97. The first-order valence-electron chi connectivity index (χ1n) is 3.88. The van der Waals surface area contributed by atoms with Crippen LogP contribution in [-0.4, -0.2) is 18.8 Å². The summed E-state index contributed by atoms with van der Waals surface area (Å²) in [7, 11) is 1.53. The number of phenolic OH excluding ortho intramolecular Hbond substituents is 1. The van der Waals surface area contributed by atoms with E-state index in [1.165, 1.54) is 7.11 Å². The Kier molecular flexibility index (Phi) is 5.07. The highest BCUT2D eigenvalue weighted by molar-refractivity contribution is 5.85. The average Bonchev–Trinajstić information content (AvgIpc) is 2.09. The van der Waals surface area contributed by atoms with Crippen LogP contribution < -0.4 is 10.1 Å². The molecule has 3 nitrogen and oxygen atoms in total. The van der Waals surface area contributed by atoms with Crippen LogP contribution in [0.2, 0.25) is 0 Å². The van der Waals surface area contributed by atoms with E-state index in [0.29, 0.717) is 5.75 Å². The van der Waals surface area contributed by atoms with E-state index >= 15 is 0 Å². The van der Waals surface area contributed by atoms with Crippen molar-refractivity contribution < 1.29 is 9.84 Å². The lowest BCUT2D eigenvalue weighted by molar-refractivity contribution is 0.373. The molecule has 13 heavy (non-hydrogen) atoms. The van der Waals surface area contributed by atoms with Gasteiger partial charge in [-0.05, 0) is 19.1 Å². The molecule has 1 aromatic rings. The van der Waals surface area contributed by atoms with E-state index < -0.39 is 0 Å². The predicted molar refractivity (Wildman–Crippen MR) is 56.1 cm³/mol. The normalized spacial score (nSPS) is 8.77.